The zero-order chi connectivity index (χ0) is 12.0. The van der Waals surface area contributed by atoms with Crippen LogP contribution in [0.1, 0.15) is 39.2 Å². The number of rotatable bonds is 5. The highest BCUT2D eigenvalue weighted by Crippen LogP contribution is 2.15. The summed E-state index contributed by atoms with van der Waals surface area (Å²) in [6.45, 7) is 6.50. The maximum absolute atomic E-state index is 8.90. The Morgan fingerprint density at radius 2 is 2.25 bits per heavy atom. The number of anilines is 1. The molecule has 0 fully saturated rings. The van der Waals surface area contributed by atoms with Gasteiger partial charge in [-0.05, 0) is 25.3 Å². The lowest BCUT2D eigenvalue weighted by Crippen LogP contribution is -2.19. The van der Waals surface area contributed by atoms with E-state index in [1.54, 1.807) is 6.07 Å². The van der Waals surface area contributed by atoms with Gasteiger partial charge in [-0.1, -0.05) is 20.3 Å². The average Bonchev–Trinajstić information content (AvgIpc) is 2.29. The molecule has 16 heavy (non-hydrogen) atoms. The van der Waals surface area contributed by atoms with Crippen LogP contribution in [0.4, 0.5) is 5.82 Å². The summed E-state index contributed by atoms with van der Waals surface area (Å²) >= 11 is 0. The molecule has 0 bridgehead atoms. The number of aromatic nitrogens is 2. The number of nitrogens with zero attached hydrogens (tertiary/aromatic N) is 3. The van der Waals surface area contributed by atoms with Crippen LogP contribution in [0.15, 0.2) is 12.3 Å². The van der Waals surface area contributed by atoms with Crippen molar-refractivity contribution in [3.05, 3.63) is 17.8 Å². The molecule has 86 valence electrons. The lowest BCUT2D eigenvalue weighted by molar-refractivity contribution is 0.483. The molecule has 2 atom stereocenters. The van der Waals surface area contributed by atoms with Gasteiger partial charge in [0, 0.05) is 6.04 Å². The molecule has 0 spiro atoms. The summed E-state index contributed by atoms with van der Waals surface area (Å²) in [6.07, 6.45) is 3.76. The Bertz CT molecular complexity index is 370. The molecule has 4 nitrogen and oxygen atoms in total. The van der Waals surface area contributed by atoms with E-state index in [1.165, 1.54) is 6.20 Å². The fourth-order valence-electron chi connectivity index (χ4n) is 1.59. The van der Waals surface area contributed by atoms with Crippen LogP contribution in [-0.2, 0) is 0 Å². The normalized spacial score (nSPS) is 13.9. The molecule has 0 aliphatic rings. The lowest BCUT2D eigenvalue weighted by Gasteiger charge is -2.18. The molecule has 0 aliphatic carbocycles. The van der Waals surface area contributed by atoms with Crippen molar-refractivity contribution in [3.8, 4) is 6.07 Å². The number of nitriles is 1. The Hall–Kier alpha value is -1.63. The van der Waals surface area contributed by atoms with E-state index < -0.39 is 0 Å². The van der Waals surface area contributed by atoms with E-state index in [0.717, 1.165) is 12.8 Å². The topological polar surface area (TPSA) is 61.6 Å². The summed E-state index contributed by atoms with van der Waals surface area (Å²) in [7, 11) is 0. The maximum Gasteiger partial charge on any atom is 0.166 e. The summed E-state index contributed by atoms with van der Waals surface area (Å²) in [5.74, 6) is 1.26. The third-order valence-corrected chi connectivity index (χ3v) is 2.68. The summed E-state index contributed by atoms with van der Waals surface area (Å²) < 4.78 is 0. The van der Waals surface area contributed by atoms with Crippen LogP contribution < -0.4 is 5.32 Å². The number of nitrogens with one attached hydrogen (secondary N) is 1. The maximum atomic E-state index is 8.90. The van der Waals surface area contributed by atoms with Crippen molar-refractivity contribution >= 4 is 5.82 Å². The predicted octanol–water partition coefficient (Wildman–Crippen LogP) is 2.58. The third-order valence-electron chi connectivity index (χ3n) is 2.68. The highest BCUT2D eigenvalue weighted by atomic mass is 15.2. The quantitative estimate of drug-likeness (QED) is 0.825. The highest BCUT2D eigenvalue weighted by molar-refractivity contribution is 5.50. The van der Waals surface area contributed by atoms with E-state index in [1.807, 2.05) is 0 Å². The van der Waals surface area contributed by atoms with E-state index >= 15 is 0 Å². The molecule has 0 aliphatic heterocycles. The Morgan fingerprint density at radius 1 is 1.50 bits per heavy atom. The third kappa shape index (κ3) is 3.50. The largest absolute Gasteiger partial charge is 0.365 e. The molecule has 1 aromatic heterocycles. The molecular formula is C12H18N4. The minimum Gasteiger partial charge on any atom is -0.365 e. The van der Waals surface area contributed by atoms with Gasteiger partial charge in [0.05, 0.1) is 11.8 Å². The summed E-state index contributed by atoms with van der Waals surface area (Å²) in [6, 6.07) is 4.08. The molecule has 0 aromatic carbocycles. The predicted molar refractivity (Wildman–Crippen MR) is 63.9 cm³/mol. The van der Waals surface area contributed by atoms with Crippen LogP contribution in [0.2, 0.25) is 0 Å². The second kappa shape index (κ2) is 6.06. The molecule has 2 unspecified atom stereocenters. The van der Waals surface area contributed by atoms with Crippen molar-refractivity contribution in [1.82, 2.24) is 10.2 Å². The SMILES string of the molecule is CCC(C)CC(C)Nc1nnccc1C#N. The fraction of sp³-hybridized carbons (Fsp3) is 0.583. The first-order valence-corrected chi connectivity index (χ1v) is 5.65. The molecule has 0 saturated heterocycles. The van der Waals surface area contributed by atoms with Crippen molar-refractivity contribution in [1.29, 1.82) is 5.26 Å². The second-order valence-electron chi connectivity index (χ2n) is 4.20. The standard InChI is InChI=1S/C12H18N4/c1-4-9(2)7-10(3)15-12-11(8-13)5-6-14-16-12/h5-6,9-10H,4,7H2,1-3H3,(H,15,16). The van der Waals surface area contributed by atoms with Crippen molar-refractivity contribution < 1.29 is 0 Å². The molecule has 4 heteroatoms. The van der Waals surface area contributed by atoms with Crippen LogP contribution >= 0.6 is 0 Å². The minimum atomic E-state index is 0.304. The van der Waals surface area contributed by atoms with Crippen LogP contribution in [0.25, 0.3) is 0 Å². The van der Waals surface area contributed by atoms with Gasteiger partial charge in [-0.3, -0.25) is 0 Å². The summed E-state index contributed by atoms with van der Waals surface area (Å²) in [5.41, 5.74) is 0.547. The van der Waals surface area contributed by atoms with E-state index in [4.69, 9.17) is 5.26 Å². The highest BCUT2D eigenvalue weighted by Gasteiger charge is 2.10. The van der Waals surface area contributed by atoms with Gasteiger partial charge in [-0.25, -0.2) is 0 Å². The smallest absolute Gasteiger partial charge is 0.166 e. The van der Waals surface area contributed by atoms with E-state index in [2.05, 4.69) is 42.4 Å². The summed E-state index contributed by atoms with van der Waals surface area (Å²) in [4.78, 5) is 0. The zero-order valence-corrected chi connectivity index (χ0v) is 10.1. The number of hydrogen-bond donors (Lipinski definition) is 1. The lowest BCUT2D eigenvalue weighted by atomic mass is 10.0. The monoisotopic (exact) mass is 218 g/mol. The minimum absolute atomic E-state index is 0.304. The van der Waals surface area contributed by atoms with Crippen molar-refractivity contribution in [2.45, 2.75) is 39.7 Å². The molecule has 0 saturated carbocycles. The zero-order valence-electron chi connectivity index (χ0n) is 10.1. The first-order chi connectivity index (χ1) is 7.67. The summed E-state index contributed by atoms with van der Waals surface area (Å²) in [5, 5.41) is 19.9. The Balaban J connectivity index is 2.63. The molecule has 1 N–H and O–H groups in total. The Kier molecular flexibility index (Phi) is 4.71. The van der Waals surface area contributed by atoms with Crippen LogP contribution in [0.5, 0.6) is 0 Å². The van der Waals surface area contributed by atoms with E-state index in [9.17, 15) is 0 Å². The van der Waals surface area contributed by atoms with Gasteiger partial charge in [0.2, 0.25) is 0 Å². The van der Waals surface area contributed by atoms with Crippen LogP contribution in [0, 0.1) is 17.2 Å². The van der Waals surface area contributed by atoms with E-state index in [0.29, 0.717) is 23.3 Å². The molecule has 0 radical (unpaired) electrons. The van der Waals surface area contributed by atoms with Crippen LogP contribution in [0.3, 0.4) is 0 Å². The molecule has 1 heterocycles. The second-order valence-corrected chi connectivity index (χ2v) is 4.20. The fourth-order valence-corrected chi connectivity index (χ4v) is 1.59. The van der Waals surface area contributed by atoms with Crippen molar-refractivity contribution in [2.24, 2.45) is 5.92 Å². The van der Waals surface area contributed by atoms with Crippen LogP contribution in [-0.4, -0.2) is 16.2 Å². The van der Waals surface area contributed by atoms with Gasteiger partial charge in [0.25, 0.3) is 0 Å². The van der Waals surface area contributed by atoms with Gasteiger partial charge in [-0.15, -0.1) is 5.10 Å². The number of hydrogen-bond acceptors (Lipinski definition) is 4. The molecule has 1 rings (SSSR count). The first-order valence-electron chi connectivity index (χ1n) is 5.65. The van der Waals surface area contributed by atoms with Crippen molar-refractivity contribution in [2.75, 3.05) is 5.32 Å². The molecule has 0 amide bonds. The first kappa shape index (κ1) is 12.4. The average molecular weight is 218 g/mol. The van der Waals surface area contributed by atoms with Gasteiger partial charge < -0.3 is 5.32 Å². The molecular weight excluding hydrogens is 200 g/mol. The van der Waals surface area contributed by atoms with Gasteiger partial charge >= 0.3 is 0 Å². The van der Waals surface area contributed by atoms with Gasteiger partial charge in [0.15, 0.2) is 5.82 Å². The van der Waals surface area contributed by atoms with Crippen molar-refractivity contribution in [3.63, 3.8) is 0 Å². The van der Waals surface area contributed by atoms with Gasteiger partial charge in [-0.2, -0.15) is 10.4 Å². The molecule has 1 aromatic rings. The Labute approximate surface area is 96.7 Å². The Morgan fingerprint density at radius 3 is 2.88 bits per heavy atom. The van der Waals surface area contributed by atoms with E-state index in [-0.39, 0.29) is 0 Å². The van der Waals surface area contributed by atoms with Gasteiger partial charge in [0.1, 0.15) is 6.07 Å².